The van der Waals surface area contributed by atoms with E-state index in [2.05, 4.69) is 10.1 Å². The molecular formula is C19H24Cl2N4O2. The van der Waals surface area contributed by atoms with Gasteiger partial charge in [0.1, 0.15) is 0 Å². The second-order valence-electron chi connectivity index (χ2n) is 7.34. The number of hydrogen-bond donors (Lipinski definition) is 1. The van der Waals surface area contributed by atoms with E-state index in [4.69, 9.17) is 21.9 Å². The van der Waals surface area contributed by atoms with E-state index in [-0.39, 0.29) is 24.4 Å². The zero-order valence-electron chi connectivity index (χ0n) is 15.0. The zero-order chi connectivity index (χ0) is 18.1. The first-order valence-corrected chi connectivity index (χ1v) is 9.60. The van der Waals surface area contributed by atoms with E-state index in [1.165, 1.54) is 0 Å². The van der Waals surface area contributed by atoms with Gasteiger partial charge in [0, 0.05) is 42.6 Å². The third kappa shape index (κ3) is 4.45. The highest BCUT2D eigenvalue weighted by molar-refractivity contribution is 6.30. The third-order valence-corrected chi connectivity index (χ3v) is 5.87. The van der Waals surface area contributed by atoms with E-state index >= 15 is 0 Å². The van der Waals surface area contributed by atoms with Crippen molar-refractivity contribution in [2.45, 2.75) is 38.1 Å². The topological polar surface area (TPSA) is 85.2 Å². The number of carbonyl (C=O) groups excluding carboxylic acids is 1. The molecule has 2 aromatic rings. The quantitative estimate of drug-likeness (QED) is 0.816. The molecule has 1 aliphatic heterocycles. The number of nitrogens with zero attached hydrogens (tertiary/aromatic N) is 3. The Balaban J connectivity index is 0.00000210. The van der Waals surface area contributed by atoms with Gasteiger partial charge in [-0.25, -0.2) is 0 Å². The molecule has 1 saturated carbocycles. The summed E-state index contributed by atoms with van der Waals surface area (Å²) in [5.41, 5.74) is 7.01. The zero-order valence-corrected chi connectivity index (χ0v) is 16.6. The molecule has 2 heterocycles. The van der Waals surface area contributed by atoms with Crippen LogP contribution >= 0.6 is 24.0 Å². The molecular weight excluding hydrogens is 387 g/mol. The largest absolute Gasteiger partial charge is 0.342 e. The fourth-order valence-corrected chi connectivity index (χ4v) is 4.26. The fraction of sp³-hybridized carbons (Fsp3) is 0.526. The van der Waals surface area contributed by atoms with Gasteiger partial charge < -0.3 is 15.2 Å². The van der Waals surface area contributed by atoms with Gasteiger partial charge in [-0.15, -0.1) is 12.4 Å². The number of carbonyl (C=O) groups is 1. The first kappa shape index (κ1) is 20.1. The minimum Gasteiger partial charge on any atom is -0.342 e. The second-order valence-corrected chi connectivity index (χ2v) is 7.77. The number of benzene rings is 1. The van der Waals surface area contributed by atoms with Gasteiger partial charge in [0.2, 0.25) is 17.6 Å². The Morgan fingerprint density at radius 1 is 1.26 bits per heavy atom. The standard InChI is InChI=1S/C19H23ClN4O2.ClH/c20-14-7-4-12(5-8-14)19-22-17(26-23-19)2-1-3-18(25)24-10-13-6-9-16(21)15(13)11-24;/h4-5,7-8,13,15-16H,1-3,6,9-11,21H2;1H. The van der Waals surface area contributed by atoms with Crippen LogP contribution in [0.2, 0.25) is 5.02 Å². The Morgan fingerprint density at radius 3 is 2.78 bits per heavy atom. The summed E-state index contributed by atoms with van der Waals surface area (Å²) >= 11 is 5.89. The number of aromatic nitrogens is 2. The van der Waals surface area contributed by atoms with Gasteiger partial charge >= 0.3 is 0 Å². The molecule has 2 fully saturated rings. The molecule has 1 aromatic carbocycles. The van der Waals surface area contributed by atoms with Gasteiger partial charge in [-0.2, -0.15) is 4.98 Å². The molecule has 2 N–H and O–H groups in total. The number of aryl methyl sites for hydroxylation is 1. The SMILES string of the molecule is Cl.NC1CCC2CN(C(=O)CCCc3nc(-c4ccc(Cl)cc4)no3)CC12. The van der Waals surface area contributed by atoms with E-state index in [9.17, 15) is 4.79 Å². The summed E-state index contributed by atoms with van der Waals surface area (Å²) in [5, 5.41) is 4.67. The van der Waals surface area contributed by atoms with Crippen LogP contribution in [0.3, 0.4) is 0 Å². The van der Waals surface area contributed by atoms with Crippen LogP contribution in [0.1, 0.15) is 31.6 Å². The number of likely N-dealkylation sites (tertiary alicyclic amines) is 1. The summed E-state index contributed by atoms with van der Waals surface area (Å²) in [6.07, 6.45) is 4.08. The monoisotopic (exact) mass is 410 g/mol. The molecule has 146 valence electrons. The van der Waals surface area contributed by atoms with Crippen LogP contribution in [0.25, 0.3) is 11.4 Å². The van der Waals surface area contributed by atoms with E-state index in [0.29, 0.717) is 47.8 Å². The Hall–Kier alpha value is -1.63. The Morgan fingerprint density at radius 2 is 2.04 bits per heavy atom. The minimum atomic E-state index is 0. The molecule has 3 unspecified atom stereocenters. The van der Waals surface area contributed by atoms with Crippen molar-refractivity contribution in [1.82, 2.24) is 15.0 Å². The van der Waals surface area contributed by atoms with Crippen LogP contribution in [-0.4, -0.2) is 40.1 Å². The molecule has 27 heavy (non-hydrogen) atoms. The maximum atomic E-state index is 12.4. The van der Waals surface area contributed by atoms with Crippen LogP contribution in [0.15, 0.2) is 28.8 Å². The van der Waals surface area contributed by atoms with Gasteiger partial charge in [0.15, 0.2) is 0 Å². The predicted molar refractivity (Wildman–Crippen MR) is 106 cm³/mol. The number of fused-ring (bicyclic) bond motifs is 1. The molecule has 3 atom stereocenters. The molecule has 6 nitrogen and oxygen atoms in total. The van der Waals surface area contributed by atoms with Crippen LogP contribution in [0.5, 0.6) is 0 Å². The van der Waals surface area contributed by atoms with Crippen molar-refractivity contribution in [3.05, 3.63) is 35.2 Å². The Kier molecular flexibility index (Phi) is 6.40. The summed E-state index contributed by atoms with van der Waals surface area (Å²) in [7, 11) is 0. The summed E-state index contributed by atoms with van der Waals surface area (Å²) in [4.78, 5) is 18.8. The predicted octanol–water partition coefficient (Wildman–Crippen LogP) is 3.33. The van der Waals surface area contributed by atoms with E-state index in [1.807, 2.05) is 17.0 Å². The van der Waals surface area contributed by atoms with E-state index in [0.717, 1.165) is 31.5 Å². The summed E-state index contributed by atoms with van der Waals surface area (Å²) < 4.78 is 5.30. The highest BCUT2D eigenvalue weighted by Gasteiger charge is 2.42. The highest BCUT2D eigenvalue weighted by Crippen LogP contribution is 2.37. The third-order valence-electron chi connectivity index (χ3n) is 5.62. The Bertz CT molecular complexity index is 780. The van der Waals surface area contributed by atoms with Crippen LogP contribution in [0, 0.1) is 11.8 Å². The number of hydrogen-bond acceptors (Lipinski definition) is 5. The molecule has 0 spiro atoms. The Labute approximate surface area is 169 Å². The van der Waals surface area contributed by atoms with Gasteiger partial charge in [0.05, 0.1) is 0 Å². The molecule has 8 heteroatoms. The molecule has 0 bridgehead atoms. The lowest BCUT2D eigenvalue weighted by Crippen LogP contribution is -2.33. The molecule has 1 aliphatic carbocycles. The van der Waals surface area contributed by atoms with Crippen molar-refractivity contribution in [2.75, 3.05) is 13.1 Å². The lowest BCUT2D eigenvalue weighted by Gasteiger charge is -2.18. The number of rotatable bonds is 5. The van der Waals surface area contributed by atoms with E-state index < -0.39 is 0 Å². The molecule has 0 radical (unpaired) electrons. The lowest BCUT2D eigenvalue weighted by molar-refractivity contribution is -0.130. The van der Waals surface area contributed by atoms with Gasteiger partial charge in [-0.1, -0.05) is 16.8 Å². The first-order valence-electron chi connectivity index (χ1n) is 9.22. The smallest absolute Gasteiger partial charge is 0.226 e. The van der Waals surface area contributed by atoms with Crippen molar-refractivity contribution < 1.29 is 9.32 Å². The van der Waals surface area contributed by atoms with Crippen molar-refractivity contribution in [3.8, 4) is 11.4 Å². The summed E-state index contributed by atoms with van der Waals surface area (Å²) in [6, 6.07) is 7.57. The van der Waals surface area contributed by atoms with Crippen molar-refractivity contribution in [1.29, 1.82) is 0 Å². The van der Waals surface area contributed by atoms with Gasteiger partial charge in [-0.3, -0.25) is 4.79 Å². The molecule has 2 aliphatic rings. The number of amides is 1. The van der Waals surface area contributed by atoms with Crippen molar-refractivity contribution >= 4 is 29.9 Å². The maximum Gasteiger partial charge on any atom is 0.226 e. The van der Waals surface area contributed by atoms with Gasteiger partial charge in [-0.05, 0) is 55.4 Å². The van der Waals surface area contributed by atoms with E-state index in [1.54, 1.807) is 12.1 Å². The van der Waals surface area contributed by atoms with Gasteiger partial charge in [0.25, 0.3) is 0 Å². The average Bonchev–Trinajstić information content (AvgIpc) is 3.33. The second kappa shape index (κ2) is 8.59. The molecule has 1 amide bonds. The lowest BCUT2D eigenvalue weighted by atomic mass is 9.98. The first-order chi connectivity index (χ1) is 12.6. The van der Waals surface area contributed by atoms with Crippen LogP contribution in [-0.2, 0) is 11.2 Å². The minimum absolute atomic E-state index is 0. The number of nitrogens with two attached hydrogens (primary N) is 1. The van der Waals surface area contributed by atoms with Crippen LogP contribution < -0.4 is 5.73 Å². The number of halogens is 2. The average molecular weight is 411 g/mol. The normalized spacial score (nSPS) is 23.9. The molecule has 4 rings (SSSR count). The summed E-state index contributed by atoms with van der Waals surface area (Å²) in [5.74, 6) is 2.42. The van der Waals surface area contributed by atoms with Crippen molar-refractivity contribution in [2.24, 2.45) is 17.6 Å². The fourth-order valence-electron chi connectivity index (χ4n) is 4.13. The highest BCUT2D eigenvalue weighted by atomic mass is 35.5. The maximum absolute atomic E-state index is 12.4. The van der Waals surface area contributed by atoms with Crippen LogP contribution in [0.4, 0.5) is 0 Å². The van der Waals surface area contributed by atoms with Crippen molar-refractivity contribution in [3.63, 3.8) is 0 Å². The summed E-state index contributed by atoms with van der Waals surface area (Å²) in [6.45, 7) is 1.70. The molecule has 1 aromatic heterocycles. The molecule has 1 saturated heterocycles.